The number of hydrogen-bond acceptors (Lipinski definition) is 6. The normalized spacial score (nSPS) is 16.5. The van der Waals surface area contributed by atoms with E-state index in [0.29, 0.717) is 5.82 Å². The third-order valence-electron chi connectivity index (χ3n) is 2.27. The van der Waals surface area contributed by atoms with Gasteiger partial charge in [-0.2, -0.15) is 4.98 Å². The van der Waals surface area contributed by atoms with Crippen molar-refractivity contribution in [1.82, 2.24) is 15.3 Å². The smallest absolute Gasteiger partial charge is 0.239 e. The zero-order valence-electron chi connectivity index (χ0n) is 8.20. The van der Waals surface area contributed by atoms with Crippen LogP contribution in [-0.2, 0) is 0 Å². The number of hydrazine groups is 1. The minimum atomic E-state index is -0.420. The van der Waals surface area contributed by atoms with Gasteiger partial charge < -0.3 is 10.2 Å². The van der Waals surface area contributed by atoms with Gasteiger partial charge >= 0.3 is 0 Å². The average molecular weight is 212 g/mol. The van der Waals surface area contributed by atoms with Gasteiger partial charge in [0.2, 0.25) is 5.95 Å². The van der Waals surface area contributed by atoms with Crippen LogP contribution >= 0.6 is 0 Å². The number of halogens is 1. The van der Waals surface area contributed by atoms with Crippen LogP contribution in [0.1, 0.15) is 0 Å². The van der Waals surface area contributed by atoms with Crippen LogP contribution in [0, 0.1) is 5.82 Å². The highest BCUT2D eigenvalue weighted by atomic mass is 19.1. The molecule has 82 valence electrons. The lowest BCUT2D eigenvalue weighted by Gasteiger charge is -2.28. The molecule has 4 N–H and O–H groups in total. The highest BCUT2D eigenvalue weighted by Crippen LogP contribution is 2.16. The molecule has 15 heavy (non-hydrogen) atoms. The number of nitrogen functional groups attached to an aromatic ring is 1. The second kappa shape index (κ2) is 4.37. The maximum absolute atomic E-state index is 13.4. The SMILES string of the molecule is NNc1ncc(F)c(N2CCNCC2)n1. The summed E-state index contributed by atoms with van der Waals surface area (Å²) in [7, 11) is 0. The summed E-state index contributed by atoms with van der Waals surface area (Å²) in [4.78, 5) is 9.55. The van der Waals surface area contributed by atoms with E-state index in [1.807, 2.05) is 4.90 Å². The minimum absolute atomic E-state index is 0.227. The number of rotatable bonds is 2. The first-order chi connectivity index (χ1) is 7.31. The van der Waals surface area contributed by atoms with E-state index in [0.717, 1.165) is 32.4 Å². The lowest BCUT2D eigenvalue weighted by Crippen LogP contribution is -2.44. The van der Waals surface area contributed by atoms with E-state index in [-0.39, 0.29) is 5.95 Å². The number of anilines is 2. The van der Waals surface area contributed by atoms with Crippen molar-refractivity contribution in [3.63, 3.8) is 0 Å². The van der Waals surface area contributed by atoms with Crippen molar-refractivity contribution in [3.8, 4) is 0 Å². The highest BCUT2D eigenvalue weighted by molar-refractivity contribution is 5.43. The van der Waals surface area contributed by atoms with Crippen molar-refractivity contribution >= 4 is 11.8 Å². The second-order valence-electron chi connectivity index (χ2n) is 3.25. The fourth-order valence-corrected chi connectivity index (χ4v) is 1.53. The Hall–Kier alpha value is -1.47. The van der Waals surface area contributed by atoms with Crippen LogP contribution in [-0.4, -0.2) is 36.1 Å². The van der Waals surface area contributed by atoms with Crippen molar-refractivity contribution in [3.05, 3.63) is 12.0 Å². The van der Waals surface area contributed by atoms with Crippen LogP contribution in [0.2, 0.25) is 0 Å². The largest absolute Gasteiger partial charge is 0.351 e. The molecule has 2 rings (SSSR count). The Morgan fingerprint density at radius 3 is 2.87 bits per heavy atom. The van der Waals surface area contributed by atoms with E-state index in [2.05, 4.69) is 20.7 Å². The number of nitrogens with zero attached hydrogens (tertiary/aromatic N) is 3. The fraction of sp³-hybridized carbons (Fsp3) is 0.500. The molecule has 1 aliphatic heterocycles. The van der Waals surface area contributed by atoms with Crippen molar-refractivity contribution in [2.45, 2.75) is 0 Å². The molecule has 0 saturated carbocycles. The van der Waals surface area contributed by atoms with Crippen molar-refractivity contribution in [2.75, 3.05) is 36.5 Å². The van der Waals surface area contributed by atoms with E-state index in [1.165, 1.54) is 0 Å². The maximum atomic E-state index is 13.4. The molecule has 0 aliphatic carbocycles. The molecule has 1 aromatic heterocycles. The molecule has 7 heteroatoms. The van der Waals surface area contributed by atoms with Crippen LogP contribution in [0.4, 0.5) is 16.2 Å². The molecule has 0 spiro atoms. The number of nitrogens with one attached hydrogen (secondary N) is 2. The second-order valence-corrected chi connectivity index (χ2v) is 3.25. The third kappa shape index (κ3) is 2.13. The molecule has 1 saturated heterocycles. The number of nitrogens with two attached hydrogens (primary N) is 1. The van der Waals surface area contributed by atoms with Crippen molar-refractivity contribution in [2.24, 2.45) is 5.84 Å². The molecule has 1 fully saturated rings. The van der Waals surface area contributed by atoms with Crippen LogP contribution in [0.25, 0.3) is 0 Å². The molecular weight excluding hydrogens is 199 g/mol. The molecule has 0 atom stereocenters. The van der Waals surface area contributed by atoms with Crippen LogP contribution in [0.15, 0.2) is 6.20 Å². The molecule has 1 aliphatic rings. The number of piperazine rings is 1. The first-order valence-electron chi connectivity index (χ1n) is 4.76. The Morgan fingerprint density at radius 2 is 2.20 bits per heavy atom. The Morgan fingerprint density at radius 1 is 1.47 bits per heavy atom. The lowest BCUT2D eigenvalue weighted by atomic mass is 10.3. The standard InChI is InChI=1S/C8H13FN6/c9-6-5-12-8(14-10)13-7(6)15-3-1-11-2-4-15/h5,11H,1-4,10H2,(H,12,13,14). The summed E-state index contributed by atoms with van der Waals surface area (Å²) >= 11 is 0. The van der Waals surface area contributed by atoms with E-state index >= 15 is 0 Å². The van der Waals surface area contributed by atoms with Gasteiger partial charge in [-0.1, -0.05) is 0 Å². The third-order valence-corrected chi connectivity index (χ3v) is 2.27. The Bertz CT molecular complexity index is 338. The summed E-state index contributed by atoms with van der Waals surface area (Å²) in [6, 6.07) is 0. The van der Waals surface area contributed by atoms with Gasteiger partial charge in [0.05, 0.1) is 6.20 Å². The summed E-state index contributed by atoms with van der Waals surface area (Å²) in [6.07, 6.45) is 1.12. The van der Waals surface area contributed by atoms with Crippen LogP contribution in [0.3, 0.4) is 0 Å². The summed E-state index contributed by atoms with van der Waals surface area (Å²) in [5, 5.41) is 3.18. The average Bonchev–Trinajstić information content (AvgIpc) is 2.31. The lowest BCUT2D eigenvalue weighted by molar-refractivity contribution is 0.556. The van der Waals surface area contributed by atoms with Gasteiger partial charge in [0.1, 0.15) is 0 Å². The molecule has 0 unspecified atom stereocenters. The van der Waals surface area contributed by atoms with Gasteiger partial charge in [0.25, 0.3) is 0 Å². The van der Waals surface area contributed by atoms with Crippen LogP contribution < -0.4 is 21.5 Å². The molecule has 6 nitrogen and oxygen atoms in total. The summed E-state index contributed by atoms with van der Waals surface area (Å²) in [5.41, 5.74) is 2.30. The minimum Gasteiger partial charge on any atom is -0.351 e. The van der Waals surface area contributed by atoms with Crippen LogP contribution in [0.5, 0.6) is 0 Å². The number of aromatic nitrogens is 2. The van der Waals surface area contributed by atoms with Gasteiger partial charge in [-0.3, -0.25) is 5.43 Å². The van der Waals surface area contributed by atoms with Crippen molar-refractivity contribution in [1.29, 1.82) is 0 Å². The quantitative estimate of drug-likeness (QED) is 0.445. The number of hydrogen-bond donors (Lipinski definition) is 3. The Labute approximate surface area is 86.7 Å². The first kappa shape index (κ1) is 10.1. The Balaban J connectivity index is 2.24. The molecule has 0 radical (unpaired) electrons. The monoisotopic (exact) mass is 212 g/mol. The van der Waals surface area contributed by atoms with E-state index in [9.17, 15) is 4.39 Å². The van der Waals surface area contributed by atoms with Crippen molar-refractivity contribution < 1.29 is 4.39 Å². The molecule has 1 aromatic rings. The maximum Gasteiger partial charge on any atom is 0.239 e. The van der Waals surface area contributed by atoms with Gasteiger partial charge in [-0.25, -0.2) is 15.2 Å². The first-order valence-corrected chi connectivity index (χ1v) is 4.76. The van der Waals surface area contributed by atoms with Gasteiger partial charge in [-0.05, 0) is 0 Å². The van der Waals surface area contributed by atoms with E-state index in [1.54, 1.807) is 0 Å². The summed E-state index contributed by atoms with van der Waals surface area (Å²) in [5.74, 6) is 5.28. The predicted molar refractivity (Wildman–Crippen MR) is 54.9 cm³/mol. The van der Waals surface area contributed by atoms with E-state index in [4.69, 9.17) is 5.84 Å². The highest BCUT2D eigenvalue weighted by Gasteiger charge is 2.16. The molecule has 0 amide bonds. The van der Waals surface area contributed by atoms with E-state index < -0.39 is 5.82 Å². The van der Waals surface area contributed by atoms with Gasteiger partial charge in [0.15, 0.2) is 11.6 Å². The molecule has 0 aromatic carbocycles. The fourth-order valence-electron chi connectivity index (χ4n) is 1.53. The molecule has 2 heterocycles. The zero-order chi connectivity index (χ0) is 10.7. The molecular formula is C8H13FN6. The summed E-state index contributed by atoms with van der Waals surface area (Å²) in [6.45, 7) is 3.12. The topological polar surface area (TPSA) is 79.1 Å². The molecule has 0 bridgehead atoms. The van der Waals surface area contributed by atoms with Gasteiger partial charge in [-0.15, -0.1) is 0 Å². The zero-order valence-corrected chi connectivity index (χ0v) is 8.20. The summed E-state index contributed by atoms with van der Waals surface area (Å²) < 4.78 is 13.4. The Kier molecular flexibility index (Phi) is 2.93. The van der Waals surface area contributed by atoms with Gasteiger partial charge in [0, 0.05) is 26.2 Å². The predicted octanol–water partition coefficient (Wildman–Crippen LogP) is -0.689.